The van der Waals surface area contributed by atoms with E-state index >= 15 is 0 Å². The summed E-state index contributed by atoms with van der Waals surface area (Å²) in [5.74, 6) is 2.05. The molecule has 2 heterocycles. The van der Waals surface area contributed by atoms with Crippen molar-refractivity contribution in [2.45, 2.75) is 20.3 Å². The fraction of sp³-hybridized carbons (Fsp3) is 0.364. The van der Waals surface area contributed by atoms with Gasteiger partial charge in [-0.15, -0.1) is 17.0 Å². The molecule has 29 heavy (non-hydrogen) atoms. The van der Waals surface area contributed by atoms with Gasteiger partial charge in [-0.05, 0) is 61.7 Å². The predicted molar refractivity (Wildman–Crippen MR) is 122 cm³/mol. The molecular formula is C22H26BrN3O3. The van der Waals surface area contributed by atoms with Crippen molar-refractivity contribution in [3.8, 4) is 11.5 Å². The molecule has 0 bridgehead atoms. The zero-order chi connectivity index (χ0) is 19.8. The van der Waals surface area contributed by atoms with Crippen LogP contribution in [0.2, 0.25) is 0 Å². The lowest BCUT2D eigenvalue weighted by Gasteiger charge is -2.26. The van der Waals surface area contributed by atoms with Gasteiger partial charge in [-0.25, -0.2) is 0 Å². The van der Waals surface area contributed by atoms with Crippen LogP contribution in [-0.4, -0.2) is 45.6 Å². The SMILES string of the molecule is Br.COc1ccc(C(=O)CN2C3=NCCCN3c3cc(C)c(C)cc32)cc1OC. The molecule has 7 heteroatoms. The molecule has 2 aromatic rings. The fourth-order valence-corrected chi connectivity index (χ4v) is 3.78. The number of rotatable bonds is 5. The second-order valence-electron chi connectivity index (χ2n) is 7.19. The summed E-state index contributed by atoms with van der Waals surface area (Å²) in [5.41, 5.74) is 5.25. The maximum atomic E-state index is 13.1. The van der Waals surface area contributed by atoms with Crippen LogP contribution in [0, 0.1) is 13.8 Å². The Hall–Kier alpha value is -2.54. The Labute approximate surface area is 181 Å². The van der Waals surface area contributed by atoms with E-state index in [1.807, 2.05) is 4.90 Å². The summed E-state index contributed by atoms with van der Waals surface area (Å²) in [6.45, 7) is 6.17. The number of Topliss-reactive ketones (excluding diaryl/α,β-unsaturated/α-hetero) is 1. The molecule has 0 saturated carbocycles. The maximum Gasteiger partial charge on any atom is 0.206 e. The second kappa shape index (κ2) is 8.45. The maximum absolute atomic E-state index is 13.1. The molecule has 0 radical (unpaired) electrons. The molecule has 6 nitrogen and oxygen atoms in total. The van der Waals surface area contributed by atoms with Gasteiger partial charge in [0.1, 0.15) is 0 Å². The van der Waals surface area contributed by atoms with Gasteiger partial charge in [-0.3, -0.25) is 9.79 Å². The number of nitrogens with zero attached hydrogens (tertiary/aromatic N) is 3. The van der Waals surface area contributed by atoms with Crippen molar-refractivity contribution in [1.29, 1.82) is 0 Å². The quantitative estimate of drug-likeness (QED) is 0.628. The molecule has 4 rings (SSSR count). The van der Waals surface area contributed by atoms with Gasteiger partial charge in [0.25, 0.3) is 0 Å². The minimum atomic E-state index is 0. The van der Waals surface area contributed by atoms with E-state index in [1.165, 1.54) is 11.1 Å². The number of ketones is 1. The first-order valence-electron chi connectivity index (χ1n) is 9.49. The molecule has 2 aliphatic heterocycles. The summed E-state index contributed by atoms with van der Waals surface area (Å²) in [6, 6.07) is 9.64. The van der Waals surface area contributed by atoms with Crippen molar-refractivity contribution in [2.75, 3.05) is 43.7 Å². The summed E-state index contributed by atoms with van der Waals surface area (Å²) in [7, 11) is 3.16. The van der Waals surface area contributed by atoms with Crippen LogP contribution in [0.4, 0.5) is 11.4 Å². The van der Waals surface area contributed by atoms with Crippen LogP contribution < -0.4 is 19.3 Å². The number of fused-ring (bicyclic) bond motifs is 3. The van der Waals surface area contributed by atoms with Gasteiger partial charge < -0.3 is 19.3 Å². The summed E-state index contributed by atoms with van der Waals surface area (Å²) >= 11 is 0. The van der Waals surface area contributed by atoms with Gasteiger partial charge in [0.05, 0.1) is 32.1 Å². The number of aliphatic imine (C=N–C) groups is 1. The Kier molecular flexibility index (Phi) is 6.17. The highest BCUT2D eigenvalue weighted by Crippen LogP contribution is 2.40. The molecule has 0 unspecified atom stereocenters. The summed E-state index contributed by atoms with van der Waals surface area (Å²) in [5, 5.41) is 0. The smallest absolute Gasteiger partial charge is 0.206 e. The minimum absolute atomic E-state index is 0. The topological polar surface area (TPSA) is 54.4 Å². The monoisotopic (exact) mass is 459 g/mol. The molecule has 0 fully saturated rings. The highest BCUT2D eigenvalue weighted by Gasteiger charge is 2.35. The molecule has 0 saturated heterocycles. The number of guanidine groups is 1. The fourth-order valence-electron chi connectivity index (χ4n) is 3.78. The Morgan fingerprint density at radius 3 is 2.41 bits per heavy atom. The number of hydrogen-bond acceptors (Lipinski definition) is 6. The van der Waals surface area contributed by atoms with Crippen molar-refractivity contribution in [3.05, 3.63) is 47.0 Å². The number of carbonyl (C=O) groups excluding carboxylic acids is 1. The van der Waals surface area contributed by atoms with Gasteiger partial charge in [0.2, 0.25) is 5.96 Å². The van der Waals surface area contributed by atoms with E-state index in [-0.39, 0.29) is 29.3 Å². The van der Waals surface area contributed by atoms with Gasteiger partial charge >= 0.3 is 0 Å². The van der Waals surface area contributed by atoms with E-state index < -0.39 is 0 Å². The lowest BCUT2D eigenvalue weighted by molar-refractivity contribution is 0.100. The zero-order valence-electron chi connectivity index (χ0n) is 17.2. The van der Waals surface area contributed by atoms with Crippen molar-refractivity contribution in [2.24, 2.45) is 4.99 Å². The molecule has 154 valence electrons. The lowest BCUT2D eigenvalue weighted by atomic mass is 10.1. The van der Waals surface area contributed by atoms with Crippen LogP contribution in [0.15, 0.2) is 35.3 Å². The molecule has 0 aliphatic carbocycles. The highest BCUT2D eigenvalue weighted by molar-refractivity contribution is 8.93. The van der Waals surface area contributed by atoms with Crippen molar-refractivity contribution in [1.82, 2.24) is 0 Å². The van der Waals surface area contributed by atoms with E-state index in [0.717, 1.165) is 36.8 Å². The van der Waals surface area contributed by atoms with Crippen LogP contribution in [-0.2, 0) is 0 Å². The second-order valence-corrected chi connectivity index (χ2v) is 7.19. The van der Waals surface area contributed by atoms with E-state index in [2.05, 4.69) is 30.9 Å². The Bertz CT molecular complexity index is 974. The number of benzene rings is 2. The number of halogens is 1. The normalized spacial score (nSPS) is 14.6. The Balaban J connectivity index is 0.00000240. The van der Waals surface area contributed by atoms with Gasteiger partial charge in [-0.2, -0.15) is 0 Å². The first kappa shape index (κ1) is 21.2. The molecular weight excluding hydrogens is 434 g/mol. The van der Waals surface area contributed by atoms with Crippen LogP contribution in [0.3, 0.4) is 0 Å². The first-order chi connectivity index (χ1) is 13.5. The Morgan fingerprint density at radius 2 is 1.72 bits per heavy atom. The third-order valence-electron chi connectivity index (χ3n) is 5.46. The average molecular weight is 460 g/mol. The number of ether oxygens (including phenoxy) is 2. The van der Waals surface area contributed by atoms with E-state index in [0.29, 0.717) is 17.1 Å². The predicted octanol–water partition coefficient (Wildman–Crippen LogP) is 4.17. The average Bonchev–Trinajstić information content (AvgIpc) is 3.00. The van der Waals surface area contributed by atoms with Crippen LogP contribution in [0.25, 0.3) is 0 Å². The molecule has 0 amide bonds. The molecule has 2 aliphatic rings. The molecule has 0 aromatic heterocycles. The molecule has 0 spiro atoms. The molecule has 0 atom stereocenters. The van der Waals surface area contributed by atoms with E-state index in [4.69, 9.17) is 14.5 Å². The van der Waals surface area contributed by atoms with Crippen molar-refractivity contribution >= 4 is 40.1 Å². The zero-order valence-corrected chi connectivity index (χ0v) is 18.9. The summed E-state index contributed by atoms with van der Waals surface area (Å²) in [6.07, 6.45) is 1.02. The highest BCUT2D eigenvalue weighted by atomic mass is 79.9. The van der Waals surface area contributed by atoms with Gasteiger partial charge in [0, 0.05) is 18.7 Å². The van der Waals surface area contributed by atoms with Crippen molar-refractivity contribution in [3.63, 3.8) is 0 Å². The van der Waals surface area contributed by atoms with Crippen LogP contribution in [0.1, 0.15) is 27.9 Å². The summed E-state index contributed by atoms with van der Waals surface area (Å²) in [4.78, 5) is 22.1. The van der Waals surface area contributed by atoms with Crippen molar-refractivity contribution < 1.29 is 14.3 Å². The number of anilines is 2. The minimum Gasteiger partial charge on any atom is -0.493 e. The van der Waals surface area contributed by atoms with Crippen LogP contribution >= 0.6 is 17.0 Å². The first-order valence-corrected chi connectivity index (χ1v) is 9.49. The Morgan fingerprint density at radius 1 is 1.03 bits per heavy atom. The number of carbonyl (C=O) groups is 1. The standard InChI is InChI=1S/C22H25N3O3.BrH/c1-14-10-17-18(11-15(14)2)25(22-23-8-5-9-24(17)22)13-19(26)16-6-7-20(27-3)21(12-16)28-4;/h6-7,10-12H,5,8-9,13H2,1-4H3;1H. The molecule has 2 aromatic carbocycles. The number of aryl methyl sites for hydroxylation is 2. The third kappa shape index (κ3) is 3.71. The van der Waals surface area contributed by atoms with Gasteiger partial charge in [0.15, 0.2) is 17.3 Å². The van der Waals surface area contributed by atoms with E-state index in [9.17, 15) is 4.79 Å². The number of hydrogen-bond donors (Lipinski definition) is 0. The van der Waals surface area contributed by atoms with Crippen LogP contribution in [0.5, 0.6) is 11.5 Å². The summed E-state index contributed by atoms with van der Waals surface area (Å²) < 4.78 is 10.6. The third-order valence-corrected chi connectivity index (χ3v) is 5.46. The van der Waals surface area contributed by atoms with E-state index in [1.54, 1.807) is 32.4 Å². The largest absolute Gasteiger partial charge is 0.493 e. The molecule has 0 N–H and O–H groups in total. The van der Waals surface area contributed by atoms with Gasteiger partial charge in [-0.1, -0.05) is 0 Å². The lowest BCUT2D eigenvalue weighted by Crippen LogP contribution is -2.43. The number of methoxy groups -OCH3 is 2.